The fraction of sp³-hybridized carbons (Fsp3) is 0.500. The van der Waals surface area contributed by atoms with Gasteiger partial charge in [-0.1, -0.05) is 38.1 Å². The average Bonchev–Trinajstić information content (AvgIpc) is 2.45. The highest BCUT2D eigenvalue weighted by Gasteiger charge is 2.41. The summed E-state index contributed by atoms with van der Waals surface area (Å²) in [6, 6.07) is 8.70. The molecule has 0 saturated heterocycles. The number of nitrogens with one attached hydrogen (secondary N) is 1. The standard InChI is InChI=1S/C16H23NOS2/c1-4-11-17-14-12-16(19-5-2,20-6-3)18-15-10-8-7-9-13(14)15/h4,7-10,14,17H,1,5-6,11-12H2,2-3H3. The van der Waals surface area contributed by atoms with E-state index in [1.807, 2.05) is 35.7 Å². The Balaban J connectivity index is 2.29. The zero-order valence-corrected chi connectivity index (χ0v) is 13.9. The molecule has 0 spiro atoms. The summed E-state index contributed by atoms with van der Waals surface area (Å²) >= 11 is 3.80. The van der Waals surface area contributed by atoms with Crippen LogP contribution >= 0.6 is 23.5 Å². The molecule has 4 heteroatoms. The molecule has 1 unspecified atom stereocenters. The van der Waals surface area contributed by atoms with Crippen molar-refractivity contribution in [3.8, 4) is 5.75 Å². The topological polar surface area (TPSA) is 21.3 Å². The first-order chi connectivity index (χ1) is 9.74. The van der Waals surface area contributed by atoms with Gasteiger partial charge < -0.3 is 10.1 Å². The largest absolute Gasteiger partial charge is 0.467 e. The molecule has 0 aromatic heterocycles. The Kier molecular flexibility index (Phi) is 5.87. The van der Waals surface area contributed by atoms with Gasteiger partial charge >= 0.3 is 0 Å². The Bertz CT molecular complexity index is 444. The summed E-state index contributed by atoms with van der Waals surface area (Å²) in [4.78, 5) is 0. The molecule has 1 aromatic carbocycles. The predicted octanol–water partition coefficient (Wildman–Crippen LogP) is 4.45. The maximum absolute atomic E-state index is 6.37. The van der Waals surface area contributed by atoms with Crippen LogP contribution in [0.25, 0.3) is 0 Å². The zero-order valence-electron chi connectivity index (χ0n) is 12.2. The molecular formula is C16H23NOS2. The van der Waals surface area contributed by atoms with E-state index in [4.69, 9.17) is 4.74 Å². The summed E-state index contributed by atoms with van der Waals surface area (Å²) in [5, 5.41) is 3.57. The molecule has 0 radical (unpaired) electrons. The van der Waals surface area contributed by atoms with Crippen molar-refractivity contribution in [3.05, 3.63) is 42.5 Å². The number of fused-ring (bicyclic) bond motifs is 1. The van der Waals surface area contributed by atoms with E-state index in [1.54, 1.807) is 0 Å². The fourth-order valence-electron chi connectivity index (χ4n) is 2.50. The smallest absolute Gasteiger partial charge is 0.203 e. The summed E-state index contributed by atoms with van der Waals surface area (Å²) in [5.41, 5.74) is 1.26. The van der Waals surface area contributed by atoms with E-state index in [0.717, 1.165) is 30.2 Å². The molecule has 1 atom stereocenters. The minimum Gasteiger partial charge on any atom is -0.467 e. The SMILES string of the molecule is C=CCNC1CC(SCC)(SCC)Oc2ccccc21. The van der Waals surface area contributed by atoms with Crippen molar-refractivity contribution in [2.75, 3.05) is 18.1 Å². The van der Waals surface area contributed by atoms with Gasteiger partial charge in [0.05, 0.1) is 0 Å². The van der Waals surface area contributed by atoms with E-state index in [1.165, 1.54) is 5.56 Å². The van der Waals surface area contributed by atoms with E-state index in [0.29, 0.717) is 6.04 Å². The van der Waals surface area contributed by atoms with Crippen LogP contribution in [0.5, 0.6) is 5.75 Å². The molecule has 0 aliphatic carbocycles. The van der Waals surface area contributed by atoms with Crippen molar-refractivity contribution < 1.29 is 4.74 Å². The minimum absolute atomic E-state index is 0.170. The van der Waals surface area contributed by atoms with Crippen LogP contribution in [-0.2, 0) is 0 Å². The van der Waals surface area contributed by atoms with E-state index < -0.39 is 0 Å². The summed E-state index contributed by atoms with van der Waals surface area (Å²) < 4.78 is 6.20. The number of ether oxygens (including phenoxy) is 1. The summed E-state index contributed by atoms with van der Waals surface area (Å²) in [6.45, 7) is 9.01. The van der Waals surface area contributed by atoms with Crippen molar-refractivity contribution >= 4 is 23.5 Å². The van der Waals surface area contributed by atoms with Gasteiger partial charge in [-0.25, -0.2) is 0 Å². The summed E-state index contributed by atoms with van der Waals surface area (Å²) in [7, 11) is 0. The third kappa shape index (κ3) is 3.54. The van der Waals surface area contributed by atoms with Crippen molar-refractivity contribution in [1.82, 2.24) is 5.32 Å². The van der Waals surface area contributed by atoms with Gasteiger partial charge in [0.1, 0.15) is 5.75 Å². The molecule has 1 heterocycles. The lowest BCUT2D eigenvalue weighted by molar-refractivity contribution is 0.197. The van der Waals surface area contributed by atoms with Crippen LogP contribution < -0.4 is 10.1 Å². The molecule has 0 amide bonds. The molecule has 1 aromatic rings. The van der Waals surface area contributed by atoms with Crippen LogP contribution in [0.1, 0.15) is 31.9 Å². The van der Waals surface area contributed by atoms with Gasteiger partial charge in [0.25, 0.3) is 0 Å². The average molecular weight is 310 g/mol. The molecular weight excluding hydrogens is 286 g/mol. The van der Waals surface area contributed by atoms with Crippen LogP contribution in [0.4, 0.5) is 0 Å². The lowest BCUT2D eigenvalue weighted by Gasteiger charge is -2.41. The second-order valence-corrected chi connectivity index (χ2v) is 7.95. The Hall–Kier alpha value is -0.580. The number of hydrogen-bond acceptors (Lipinski definition) is 4. The first-order valence-electron chi connectivity index (χ1n) is 7.14. The highest BCUT2D eigenvalue weighted by atomic mass is 32.2. The highest BCUT2D eigenvalue weighted by molar-refractivity contribution is 8.18. The zero-order chi connectivity index (χ0) is 14.4. The second-order valence-electron chi connectivity index (χ2n) is 4.64. The van der Waals surface area contributed by atoms with E-state index in [-0.39, 0.29) is 4.27 Å². The number of hydrogen-bond donors (Lipinski definition) is 1. The summed E-state index contributed by atoms with van der Waals surface area (Å²) in [5.74, 6) is 3.13. The number of benzene rings is 1. The highest BCUT2D eigenvalue weighted by Crippen LogP contribution is 2.50. The number of para-hydroxylation sites is 1. The predicted molar refractivity (Wildman–Crippen MR) is 91.6 cm³/mol. The molecule has 0 fully saturated rings. The molecule has 1 N–H and O–H groups in total. The Labute approximate surface area is 130 Å². The van der Waals surface area contributed by atoms with E-state index in [9.17, 15) is 0 Å². The minimum atomic E-state index is -0.170. The van der Waals surface area contributed by atoms with Crippen LogP contribution in [0.15, 0.2) is 36.9 Å². The van der Waals surface area contributed by atoms with Crippen molar-refractivity contribution in [3.63, 3.8) is 0 Å². The lowest BCUT2D eigenvalue weighted by atomic mass is 10.0. The molecule has 0 bridgehead atoms. The molecule has 20 heavy (non-hydrogen) atoms. The third-order valence-corrected chi connectivity index (χ3v) is 5.92. The molecule has 0 saturated carbocycles. The van der Waals surface area contributed by atoms with Gasteiger partial charge in [-0.05, 0) is 17.6 Å². The van der Waals surface area contributed by atoms with E-state index >= 15 is 0 Å². The monoisotopic (exact) mass is 309 g/mol. The quantitative estimate of drug-likeness (QED) is 0.593. The first kappa shape index (κ1) is 15.8. The molecule has 110 valence electrons. The van der Waals surface area contributed by atoms with Crippen LogP contribution in [-0.4, -0.2) is 22.3 Å². The molecule has 1 aliphatic rings. The first-order valence-corrected chi connectivity index (χ1v) is 9.12. The van der Waals surface area contributed by atoms with Gasteiger partial charge in [0, 0.05) is 24.6 Å². The normalized spacial score (nSPS) is 20.0. The maximum Gasteiger partial charge on any atom is 0.203 e. The number of rotatable bonds is 7. The van der Waals surface area contributed by atoms with Gasteiger partial charge in [-0.15, -0.1) is 30.1 Å². The van der Waals surface area contributed by atoms with Crippen LogP contribution in [0.2, 0.25) is 0 Å². The molecule has 1 aliphatic heterocycles. The van der Waals surface area contributed by atoms with Crippen LogP contribution in [0.3, 0.4) is 0 Å². The number of thioether (sulfide) groups is 2. The Morgan fingerprint density at radius 1 is 1.35 bits per heavy atom. The van der Waals surface area contributed by atoms with Gasteiger partial charge in [0.2, 0.25) is 4.27 Å². The third-order valence-electron chi connectivity index (χ3n) is 3.25. The van der Waals surface area contributed by atoms with Crippen molar-refractivity contribution in [2.45, 2.75) is 30.6 Å². The van der Waals surface area contributed by atoms with Crippen LogP contribution in [0, 0.1) is 0 Å². The van der Waals surface area contributed by atoms with E-state index in [2.05, 4.69) is 43.9 Å². The second kappa shape index (κ2) is 7.43. The fourth-order valence-corrected chi connectivity index (χ4v) is 5.28. The van der Waals surface area contributed by atoms with Crippen molar-refractivity contribution in [1.29, 1.82) is 0 Å². The Morgan fingerprint density at radius 3 is 2.70 bits per heavy atom. The van der Waals surface area contributed by atoms with Gasteiger partial charge in [0.15, 0.2) is 0 Å². The molecule has 2 rings (SSSR count). The Morgan fingerprint density at radius 2 is 2.05 bits per heavy atom. The van der Waals surface area contributed by atoms with Crippen molar-refractivity contribution in [2.24, 2.45) is 0 Å². The maximum atomic E-state index is 6.37. The molecule has 2 nitrogen and oxygen atoms in total. The summed E-state index contributed by atoms with van der Waals surface area (Å²) in [6.07, 6.45) is 2.90. The van der Waals surface area contributed by atoms with Gasteiger partial charge in [-0.2, -0.15) is 0 Å². The van der Waals surface area contributed by atoms with Gasteiger partial charge in [-0.3, -0.25) is 0 Å². The lowest BCUT2D eigenvalue weighted by Crippen LogP contribution is -2.39.